The lowest BCUT2D eigenvalue weighted by Crippen LogP contribution is -2.46. The Bertz CT molecular complexity index is 432. The van der Waals surface area contributed by atoms with Crippen LogP contribution in [0.5, 0.6) is 0 Å². The average Bonchev–Trinajstić information content (AvgIpc) is 2.49. The first-order valence-corrected chi connectivity index (χ1v) is 7.50. The highest BCUT2D eigenvalue weighted by molar-refractivity contribution is 5.28. The van der Waals surface area contributed by atoms with E-state index in [4.69, 9.17) is 5.73 Å². The lowest BCUT2D eigenvalue weighted by atomic mass is 9.64. The first-order valence-electron chi connectivity index (χ1n) is 7.50. The molecule has 0 spiro atoms. The Balaban J connectivity index is 2.21. The summed E-state index contributed by atoms with van der Waals surface area (Å²) in [6.07, 6.45) is 8.37. The highest BCUT2D eigenvalue weighted by atomic mass is 14.7. The Morgan fingerprint density at radius 3 is 2.47 bits per heavy atom. The molecule has 0 aromatic heterocycles. The molecule has 0 heterocycles. The second kappa shape index (κ2) is 6.78. The molecule has 0 saturated heterocycles. The Hall–Kier alpha value is -1.26. The second-order valence-electron chi connectivity index (χ2n) is 5.65. The molecule has 1 saturated carbocycles. The summed E-state index contributed by atoms with van der Waals surface area (Å²) in [4.78, 5) is 0. The van der Waals surface area contributed by atoms with Gasteiger partial charge in [-0.3, -0.25) is 0 Å². The van der Waals surface area contributed by atoms with Crippen LogP contribution >= 0.6 is 0 Å². The zero-order valence-corrected chi connectivity index (χ0v) is 12.0. The standard InChI is InChI=1S/C18H25N/c1-2-3-6-13-17(19)18(14-9-5-10-15-18)16-11-7-4-8-12-16/h4,7-8,11-12,17H,5-6,9-10,13-15,19H2,1H3. The number of rotatable bonds is 4. The van der Waals surface area contributed by atoms with Gasteiger partial charge >= 0.3 is 0 Å². The second-order valence-corrected chi connectivity index (χ2v) is 5.65. The van der Waals surface area contributed by atoms with Gasteiger partial charge in [0.05, 0.1) is 0 Å². The lowest BCUT2D eigenvalue weighted by molar-refractivity contribution is 0.235. The molecule has 1 aromatic rings. The fourth-order valence-electron chi connectivity index (χ4n) is 3.46. The van der Waals surface area contributed by atoms with Crippen LogP contribution in [0.4, 0.5) is 0 Å². The molecule has 1 heteroatoms. The van der Waals surface area contributed by atoms with Gasteiger partial charge in [-0.15, -0.1) is 11.8 Å². The quantitative estimate of drug-likeness (QED) is 0.808. The van der Waals surface area contributed by atoms with Crippen molar-refractivity contribution in [2.45, 2.75) is 63.3 Å². The molecule has 0 radical (unpaired) electrons. The van der Waals surface area contributed by atoms with Gasteiger partial charge in [0.25, 0.3) is 0 Å². The van der Waals surface area contributed by atoms with Gasteiger partial charge in [-0.2, -0.15) is 0 Å². The number of hydrogen-bond donors (Lipinski definition) is 1. The summed E-state index contributed by atoms with van der Waals surface area (Å²) in [5, 5.41) is 0. The van der Waals surface area contributed by atoms with E-state index in [-0.39, 0.29) is 11.5 Å². The molecule has 1 unspecified atom stereocenters. The van der Waals surface area contributed by atoms with Crippen molar-refractivity contribution >= 4 is 0 Å². The summed E-state index contributed by atoms with van der Waals surface area (Å²) in [5.41, 5.74) is 8.21. The molecule has 2 N–H and O–H groups in total. The third kappa shape index (κ3) is 3.19. The average molecular weight is 255 g/mol. The lowest BCUT2D eigenvalue weighted by Gasteiger charge is -2.42. The molecule has 1 aliphatic rings. The summed E-state index contributed by atoms with van der Waals surface area (Å²) in [7, 11) is 0. The summed E-state index contributed by atoms with van der Waals surface area (Å²) in [6, 6.07) is 11.1. The van der Waals surface area contributed by atoms with Crippen LogP contribution in [0.15, 0.2) is 30.3 Å². The minimum absolute atomic E-state index is 0.189. The molecule has 1 nitrogen and oxygen atoms in total. The van der Waals surface area contributed by atoms with Crippen molar-refractivity contribution in [1.29, 1.82) is 0 Å². The van der Waals surface area contributed by atoms with E-state index in [0.29, 0.717) is 0 Å². The van der Waals surface area contributed by atoms with Crippen molar-refractivity contribution in [2.75, 3.05) is 0 Å². The van der Waals surface area contributed by atoms with Gasteiger partial charge in [0, 0.05) is 17.9 Å². The molecule has 2 rings (SSSR count). The molecular formula is C18H25N. The van der Waals surface area contributed by atoms with Gasteiger partial charge < -0.3 is 5.73 Å². The van der Waals surface area contributed by atoms with Crippen LogP contribution in [0, 0.1) is 11.8 Å². The summed E-state index contributed by atoms with van der Waals surface area (Å²) in [5.74, 6) is 6.13. The maximum atomic E-state index is 6.59. The van der Waals surface area contributed by atoms with E-state index in [1.165, 1.54) is 37.7 Å². The van der Waals surface area contributed by atoms with Crippen molar-refractivity contribution in [1.82, 2.24) is 0 Å². The van der Waals surface area contributed by atoms with Crippen LogP contribution in [0.3, 0.4) is 0 Å². The summed E-state index contributed by atoms with van der Waals surface area (Å²) < 4.78 is 0. The minimum Gasteiger partial charge on any atom is -0.327 e. The normalized spacial score (nSPS) is 19.3. The van der Waals surface area contributed by atoms with Crippen LogP contribution in [-0.4, -0.2) is 6.04 Å². The van der Waals surface area contributed by atoms with Crippen LogP contribution in [0.2, 0.25) is 0 Å². The van der Waals surface area contributed by atoms with Gasteiger partial charge in [0.1, 0.15) is 0 Å². The third-order valence-electron chi connectivity index (χ3n) is 4.56. The smallest absolute Gasteiger partial charge is 0.0145 e. The molecule has 1 aromatic carbocycles. The van der Waals surface area contributed by atoms with E-state index < -0.39 is 0 Å². The zero-order chi connectivity index (χ0) is 13.6. The summed E-state index contributed by atoms with van der Waals surface area (Å²) >= 11 is 0. The van der Waals surface area contributed by atoms with Crippen molar-refractivity contribution < 1.29 is 0 Å². The van der Waals surface area contributed by atoms with Gasteiger partial charge in [-0.1, -0.05) is 49.6 Å². The van der Waals surface area contributed by atoms with E-state index in [0.717, 1.165) is 12.8 Å². The number of benzene rings is 1. The first-order chi connectivity index (χ1) is 9.29. The molecule has 19 heavy (non-hydrogen) atoms. The molecule has 0 aliphatic heterocycles. The Kier molecular flexibility index (Phi) is 5.05. The number of hydrogen-bond acceptors (Lipinski definition) is 1. The van der Waals surface area contributed by atoms with Crippen molar-refractivity contribution in [2.24, 2.45) is 5.73 Å². The van der Waals surface area contributed by atoms with Gasteiger partial charge in [-0.25, -0.2) is 0 Å². The van der Waals surface area contributed by atoms with Gasteiger partial charge in [0.15, 0.2) is 0 Å². The Morgan fingerprint density at radius 2 is 1.84 bits per heavy atom. The first kappa shape index (κ1) is 14.2. The van der Waals surface area contributed by atoms with Crippen molar-refractivity contribution in [3.63, 3.8) is 0 Å². The van der Waals surface area contributed by atoms with Crippen molar-refractivity contribution in [3.05, 3.63) is 35.9 Å². The molecule has 0 bridgehead atoms. The number of nitrogens with two attached hydrogens (primary N) is 1. The minimum atomic E-state index is 0.189. The van der Waals surface area contributed by atoms with Gasteiger partial charge in [-0.05, 0) is 31.7 Å². The molecule has 0 amide bonds. The van der Waals surface area contributed by atoms with Crippen LogP contribution < -0.4 is 5.73 Å². The predicted molar refractivity (Wildman–Crippen MR) is 81.9 cm³/mol. The van der Waals surface area contributed by atoms with E-state index in [1.54, 1.807) is 0 Å². The third-order valence-corrected chi connectivity index (χ3v) is 4.56. The topological polar surface area (TPSA) is 26.0 Å². The fraction of sp³-hybridized carbons (Fsp3) is 0.556. The van der Waals surface area contributed by atoms with E-state index in [1.807, 2.05) is 6.92 Å². The Labute approximate surface area is 117 Å². The molecule has 102 valence electrons. The van der Waals surface area contributed by atoms with E-state index in [9.17, 15) is 0 Å². The molecule has 1 aliphatic carbocycles. The molecule has 1 atom stereocenters. The predicted octanol–water partition coefficient (Wildman–Crippen LogP) is 4.02. The highest BCUT2D eigenvalue weighted by Crippen LogP contribution is 2.42. The molecule has 1 fully saturated rings. The van der Waals surface area contributed by atoms with Gasteiger partial charge in [0.2, 0.25) is 0 Å². The maximum Gasteiger partial charge on any atom is 0.0145 e. The van der Waals surface area contributed by atoms with Crippen LogP contribution in [-0.2, 0) is 5.41 Å². The molecular weight excluding hydrogens is 230 g/mol. The fourth-order valence-corrected chi connectivity index (χ4v) is 3.46. The SMILES string of the molecule is CC#CCCC(N)C1(c2ccccc2)CCCCC1. The van der Waals surface area contributed by atoms with E-state index in [2.05, 4.69) is 42.2 Å². The Morgan fingerprint density at radius 1 is 1.16 bits per heavy atom. The van der Waals surface area contributed by atoms with Crippen molar-refractivity contribution in [3.8, 4) is 11.8 Å². The largest absolute Gasteiger partial charge is 0.327 e. The highest BCUT2D eigenvalue weighted by Gasteiger charge is 2.38. The maximum absolute atomic E-state index is 6.59. The van der Waals surface area contributed by atoms with Crippen LogP contribution in [0.25, 0.3) is 0 Å². The monoisotopic (exact) mass is 255 g/mol. The van der Waals surface area contributed by atoms with E-state index >= 15 is 0 Å². The van der Waals surface area contributed by atoms with Crippen LogP contribution in [0.1, 0.15) is 57.4 Å². The summed E-state index contributed by atoms with van der Waals surface area (Å²) in [6.45, 7) is 1.90. The zero-order valence-electron chi connectivity index (χ0n) is 12.0.